The van der Waals surface area contributed by atoms with Gasteiger partial charge in [0.15, 0.2) is 0 Å². The monoisotopic (exact) mass is 263 g/mol. The SMILES string of the molecule is O=C(Cl)c1ccc(C2(CN3CCCC3)CC2)cc1. The van der Waals surface area contributed by atoms with Crippen LogP contribution in [0.4, 0.5) is 0 Å². The van der Waals surface area contributed by atoms with E-state index in [0.29, 0.717) is 11.0 Å². The molecule has 0 aromatic heterocycles. The van der Waals surface area contributed by atoms with Gasteiger partial charge < -0.3 is 4.90 Å². The van der Waals surface area contributed by atoms with E-state index in [1.807, 2.05) is 12.1 Å². The van der Waals surface area contributed by atoms with Crippen molar-refractivity contribution in [2.45, 2.75) is 31.1 Å². The quantitative estimate of drug-likeness (QED) is 0.778. The molecule has 1 saturated carbocycles. The highest BCUT2D eigenvalue weighted by Gasteiger charge is 2.45. The van der Waals surface area contributed by atoms with E-state index in [1.165, 1.54) is 50.9 Å². The standard InChI is InChI=1S/C15H18ClNO/c16-14(18)12-3-5-13(6-4-12)15(7-8-15)11-17-9-1-2-10-17/h3-6H,1-2,7-11H2. The van der Waals surface area contributed by atoms with Crippen LogP contribution in [0.1, 0.15) is 41.6 Å². The van der Waals surface area contributed by atoms with Crippen molar-refractivity contribution in [1.82, 2.24) is 4.90 Å². The van der Waals surface area contributed by atoms with Crippen LogP contribution in [0.3, 0.4) is 0 Å². The fourth-order valence-electron chi connectivity index (χ4n) is 3.01. The molecule has 2 fully saturated rings. The van der Waals surface area contributed by atoms with Crippen LogP contribution in [0.25, 0.3) is 0 Å². The molecule has 1 aliphatic carbocycles. The van der Waals surface area contributed by atoms with E-state index in [4.69, 9.17) is 11.6 Å². The van der Waals surface area contributed by atoms with Gasteiger partial charge in [0.25, 0.3) is 5.24 Å². The Morgan fingerprint density at radius 2 is 1.78 bits per heavy atom. The summed E-state index contributed by atoms with van der Waals surface area (Å²) in [4.78, 5) is 13.6. The van der Waals surface area contributed by atoms with Gasteiger partial charge >= 0.3 is 0 Å². The maximum absolute atomic E-state index is 11.1. The zero-order valence-electron chi connectivity index (χ0n) is 10.5. The minimum absolute atomic E-state index is 0.359. The number of nitrogens with zero attached hydrogens (tertiary/aromatic N) is 1. The van der Waals surface area contributed by atoms with Crippen LogP contribution in [0.15, 0.2) is 24.3 Å². The zero-order chi connectivity index (χ0) is 12.6. The molecular weight excluding hydrogens is 246 g/mol. The first-order valence-electron chi connectivity index (χ1n) is 6.72. The number of benzene rings is 1. The predicted molar refractivity (Wildman–Crippen MR) is 73.2 cm³/mol. The lowest BCUT2D eigenvalue weighted by Gasteiger charge is -2.23. The van der Waals surface area contributed by atoms with Gasteiger partial charge in [0.2, 0.25) is 0 Å². The van der Waals surface area contributed by atoms with Gasteiger partial charge in [-0.25, -0.2) is 0 Å². The maximum atomic E-state index is 11.1. The molecule has 0 atom stereocenters. The van der Waals surface area contributed by atoms with Crippen molar-refractivity contribution in [1.29, 1.82) is 0 Å². The predicted octanol–water partition coefficient (Wildman–Crippen LogP) is 3.19. The summed E-state index contributed by atoms with van der Waals surface area (Å²) in [7, 11) is 0. The van der Waals surface area contributed by atoms with Gasteiger partial charge in [0.1, 0.15) is 0 Å². The van der Waals surface area contributed by atoms with Gasteiger partial charge in [-0.3, -0.25) is 4.79 Å². The molecule has 18 heavy (non-hydrogen) atoms. The van der Waals surface area contributed by atoms with Gasteiger partial charge in [-0.15, -0.1) is 0 Å². The lowest BCUT2D eigenvalue weighted by molar-refractivity contribution is 0.108. The molecule has 0 bridgehead atoms. The van der Waals surface area contributed by atoms with E-state index >= 15 is 0 Å². The summed E-state index contributed by atoms with van der Waals surface area (Å²) >= 11 is 5.48. The van der Waals surface area contributed by atoms with E-state index in [2.05, 4.69) is 17.0 Å². The Labute approximate surface area is 113 Å². The molecule has 0 N–H and O–H groups in total. The second-order valence-electron chi connectivity index (χ2n) is 5.61. The maximum Gasteiger partial charge on any atom is 0.252 e. The van der Waals surface area contributed by atoms with E-state index < -0.39 is 0 Å². The topological polar surface area (TPSA) is 20.3 Å². The average Bonchev–Trinajstić information content (AvgIpc) is 2.97. The summed E-state index contributed by atoms with van der Waals surface area (Å²) in [6.45, 7) is 3.68. The third-order valence-corrected chi connectivity index (χ3v) is 4.52. The number of halogens is 1. The third-order valence-electron chi connectivity index (χ3n) is 4.30. The summed E-state index contributed by atoms with van der Waals surface area (Å²) in [5.74, 6) is 0. The Hall–Kier alpha value is -0.860. The van der Waals surface area contributed by atoms with Gasteiger partial charge in [-0.05, 0) is 68.1 Å². The lowest BCUT2D eigenvalue weighted by Crippen LogP contribution is -2.30. The molecule has 1 aromatic carbocycles. The second kappa shape index (κ2) is 4.67. The molecule has 2 aliphatic rings. The van der Waals surface area contributed by atoms with Crippen LogP contribution in [0.5, 0.6) is 0 Å². The molecule has 1 aliphatic heterocycles. The molecule has 3 heteroatoms. The number of carbonyl (C=O) groups is 1. The molecule has 0 spiro atoms. The Kier molecular flexibility index (Phi) is 3.16. The van der Waals surface area contributed by atoms with Gasteiger partial charge in [-0.2, -0.15) is 0 Å². The zero-order valence-corrected chi connectivity index (χ0v) is 11.2. The van der Waals surface area contributed by atoms with Crippen LogP contribution >= 0.6 is 11.6 Å². The van der Waals surface area contributed by atoms with Crippen molar-refractivity contribution in [2.24, 2.45) is 0 Å². The molecule has 2 nitrogen and oxygen atoms in total. The first-order chi connectivity index (χ1) is 8.70. The summed E-state index contributed by atoms with van der Waals surface area (Å²) < 4.78 is 0. The summed E-state index contributed by atoms with van der Waals surface area (Å²) in [6.07, 6.45) is 5.24. The first-order valence-corrected chi connectivity index (χ1v) is 7.10. The molecule has 96 valence electrons. The molecular formula is C15H18ClNO. The molecule has 3 rings (SSSR count). The van der Waals surface area contributed by atoms with E-state index in [-0.39, 0.29) is 5.24 Å². The van der Waals surface area contributed by atoms with Gasteiger partial charge in [0.05, 0.1) is 0 Å². The van der Waals surface area contributed by atoms with Crippen LogP contribution in [0.2, 0.25) is 0 Å². The van der Waals surface area contributed by atoms with Crippen molar-refractivity contribution in [3.8, 4) is 0 Å². The summed E-state index contributed by atoms with van der Waals surface area (Å²) in [5, 5.41) is -0.370. The molecule has 0 amide bonds. The number of hydrogen-bond acceptors (Lipinski definition) is 2. The molecule has 0 radical (unpaired) electrons. The molecule has 1 aromatic rings. The number of carbonyl (C=O) groups excluding carboxylic acids is 1. The highest BCUT2D eigenvalue weighted by atomic mass is 35.5. The first kappa shape index (κ1) is 12.2. The van der Waals surface area contributed by atoms with Crippen molar-refractivity contribution in [3.63, 3.8) is 0 Å². The van der Waals surface area contributed by atoms with Crippen LogP contribution in [-0.2, 0) is 5.41 Å². The highest BCUT2D eigenvalue weighted by Crippen LogP contribution is 2.49. The second-order valence-corrected chi connectivity index (χ2v) is 5.96. The van der Waals surface area contributed by atoms with Crippen molar-refractivity contribution in [3.05, 3.63) is 35.4 Å². The summed E-state index contributed by atoms with van der Waals surface area (Å²) in [6, 6.07) is 7.88. The Balaban J connectivity index is 1.74. The average molecular weight is 264 g/mol. The Morgan fingerprint density at radius 3 is 2.28 bits per heavy atom. The Bertz CT molecular complexity index is 444. The number of likely N-dealkylation sites (tertiary alicyclic amines) is 1. The number of hydrogen-bond donors (Lipinski definition) is 0. The van der Waals surface area contributed by atoms with E-state index in [1.54, 1.807) is 0 Å². The van der Waals surface area contributed by atoms with Crippen LogP contribution in [0, 0.1) is 0 Å². The summed E-state index contributed by atoms with van der Waals surface area (Å²) in [5.41, 5.74) is 2.33. The third kappa shape index (κ3) is 2.32. The molecule has 1 saturated heterocycles. The molecule has 0 unspecified atom stereocenters. The van der Waals surface area contributed by atoms with Crippen molar-refractivity contribution >= 4 is 16.8 Å². The highest BCUT2D eigenvalue weighted by molar-refractivity contribution is 6.67. The largest absolute Gasteiger partial charge is 0.302 e. The van der Waals surface area contributed by atoms with Crippen molar-refractivity contribution in [2.75, 3.05) is 19.6 Å². The van der Waals surface area contributed by atoms with Crippen LogP contribution < -0.4 is 0 Å². The fourth-order valence-corrected chi connectivity index (χ4v) is 3.14. The van der Waals surface area contributed by atoms with Gasteiger partial charge in [-0.1, -0.05) is 12.1 Å². The normalized spacial score (nSPS) is 22.1. The Morgan fingerprint density at radius 1 is 1.17 bits per heavy atom. The fraction of sp³-hybridized carbons (Fsp3) is 0.533. The van der Waals surface area contributed by atoms with E-state index in [9.17, 15) is 4.79 Å². The van der Waals surface area contributed by atoms with E-state index in [0.717, 1.165) is 0 Å². The van der Waals surface area contributed by atoms with Crippen molar-refractivity contribution < 1.29 is 4.79 Å². The molecule has 1 heterocycles. The number of rotatable bonds is 4. The minimum Gasteiger partial charge on any atom is -0.302 e. The van der Waals surface area contributed by atoms with Crippen LogP contribution in [-0.4, -0.2) is 29.8 Å². The lowest BCUT2D eigenvalue weighted by atomic mass is 9.94. The van der Waals surface area contributed by atoms with Gasteiger partial charge in [0, 0.05) is 17.5 Å². The smallest absolute Gasteiger partial charge is 0.252 e. The minimum atomic E-state index is -0.370.